The van der Waals surface area contributed by atoms with E-state index < -0.39 is 11.8 Å². The minimum absolute atomic E-state index is 0.0796. The Morgan fingerprint density at radius 2 is 1.58 bits per heavy atom. The molecule has 0 radical (unpaired) electrons. The van der Waals surface area contributed by atoms with E-state index >= 15 is 0 Å². The number of rotatable bonds is 6. The Balaban J connectivity index is 1.36. The number of carbonyl (C=O) groups is 2. The van der Waals surface area contributed by atoms with Crippen LogP contribution in [0.5, 0.6) is 5.75 Å². The average Bonchev–Trinajstić information content (AvgIpc) is 3.33. The molecule has 1 aromatic heterocycles. The summed E-state index contributed by atoms with van der Waals surface area (Å²) in [6.45, 7) is 4.04. The molecule has 6 nitrogen and oxygen atoms in total. The van der Waals surface area contributed by atoms with E-state index in [2.05, 4.69) is 5.43 Å². The Bertz CT molecular complexity index is 1470. The second-order valence-electron chi connectivity index (χ2n) is 8.51. The molecule has 7 heteroatoms. The van der Waals surface area contributed by atoms with E-state index in [0.717, 1.165) is 22.6 Å². The number of nitrogens with one attached hydrogen (secondary N) is 1. The van der Waals surface area contributed by atoms with Crippen molar-refractivity contribution in [3.05, 3.63) is 119 Å². The predicted molar refractivity (Wildman–Crippen MR) is 136 cm³/mol. The molecule has 3 aromatic carbocycles. The largest absolute Gasteiger partial charge is 0.489 e. The van der Waals surface area contributed by atoms with Crippen molar-refractivity contribution >= 4 is 23.6 Å². The zero-order chi connectivity index (χ0) is 25.2. The van der Waals surface area contributed by atoms with Gasteiger partial charge in [-0.1, -0.05) is 36.4 Å². The van der Waals surface area contributed by atoms with Gasteiger partial charge in [0, 0.05) is 22.6 Å². The van der Waals surface area contributed by atoms with Crippen LogP contribution in [0.25, 0.3) is 11.8 Å². The van der Waals surface area contributed by atoms with Gasteiger partial charge in [-0.3, -0.25) is 15.0 Å². The Morgan fingerprint density at radius 1 is 0.889 bits per heavy atom. The van der Waals surface area contributed by atoms with Crippen molar-refractivity contribution in [3.63, 3.8) is 0 Å². The number of nitrogens with zero attached hydrogens (tertiary/aromatic N) is 2. The van der Waals surface area contributed by atoms with Crippen molar-refractivity contribution in [1.29, 1.82) is 0 Å². The number of ether oxygens (including phenoxy) is 1. The van der Waals surface area contributed by atoms with Crippen LogP contribution in [0.3, 0.4) is 0 Å². The Labute approximate surface area is 208 Å². The molecule has 1 fully saturated rings. The zero-order valence-corrected chi connectivity index (χ0v) is 19.9. The van der Waals surface area contributed by atoms with Crippen LogP contribution in [0.2, 0.25) is 0 Å². The number of anilines is 1. The van der Waals surface area contributed by atoms with Crippen molar-refractivity contribution in [2.75, 3.05) is 5.01 Å². The van der Waals surface area contributed by atoms with Crippen molar-refractivity contribution < 1.29 is 18.7 Å². The monoisotopic (exact) mass is 481 g/mol. The third kappa shape index (κ3) is 4.38. The highest BCUT2D eigenvalue weighted by molar-refractivity contribution is 6.31. The molecular weight excluding hydrogens is 457 g/mol. The molecule has 1 N–H and O–H groups in total. The highest BCUT2D eigenvalue weighted by Gasteiger charge is 2.34. The van der Waals surface area contributed by atoms with Gasteiger partial charge in [-0.2, -0.15) is 0 Å². The van der Waals surface area contributed by atoms with Crippen LogP contribution in [0.4, 0.5) is 10.1 Å². The molecule has 0 atom stereocenters. The van der Waals surface area contributed by atoms with Gasteiger partial charge >= 0.3 is 0 Å². The maximum Gasteiger partial charge on any atom is 0.282 e. The van der Waals surface area contributed by atoms with Gasteiger partial charge in [-0.25, -0.2) is 9.40 Å². The summed E-state index contributed by atoms with van der Waals surface area (Å²) in [6.07, 6.45) is 1.63. The van der Waals surface area contributed by atoms with Crippen molar-refractivity contribution in [1.82, 2.24) is 9.99 Å². The van der Waals surface area contributed by atoms with Crippen LogP contribution in [-0.4, -0.2) is 16.4 Å². The van der Waals surface area contributed by atoms with Gasteiger partial charge in [0.05, 0.1) is 5.69 Å². The SMILES string of the molecule is Cc1cc(C=C2C(=O)NN(c3ccccc3)C2=O)c(C)n1-c1ccc(OCc2ccccc2F)cc1. The lowest BCUT2D eigenvalue weighted by atomic mass is 10.1. The Kier molecular flexibility index (Phi) is 6.12. The van der Waals surface area contributed by atoms with E-state index in [-0.39, 0.29) is 18.0 Å². The molecule has 0 saturated carbocycles. The fraction of sp³-hybridized carbons (Fsp3) is 0.103. The summed E-state index contributed by atoms with van der Waals surface area (Å²) in [5.74, 6) is -0.505. The van der Waals surface area contributed by atoms with E-state index in [1.807, 2.05) is 54.8 Å². The maximum atomic E-state index is 13.8. The number of amides is 2. The van der Waals surface area contributed by atoms with Gasteiger partial charge in [-0.15, -0.1) is 0 Å². The fourth-order valence-corrected chi connectivity index (χ4v) is 4.27. The third-order valence-corrected chi connectivity index (χ3v) is 6.12. The van der Waals surface area contributed by atoms with E-state index in [0.29, 0.717) is 17.0 Å². The van der Waals surface area contributed by atoms with Crippen LogP contribution in [0, 0.1) is 19.7 Å². The van der Waals surface area contributed by atoms with Crippen LogP contribution in [0.15, 0.2) is 90.5 Å². The van der Waals surface area contributed by atoms with Crippen LogP contribution >= 0.6 is 0 Å². The lowest BCUT2D eigenvalue weighted by Crippen LogP contribution is -2.35. The van der Waals surface area contributed by atoms with Gasteiger partial charge in [0.15, 0.2) is 0 Å². The molecule has 2 amide bonds. The second-order valence-corrected chi connectivity index (χ2v) is 8.51. The first-order valence-electron chi connectivity index (χ1n) is 11.5. The number of hydrogen-bond donors (Lipinski definition) is 1. The second kappa shape index (κ2) is 9.54. The number of aryl methyl sites for hydroxylation is 1. The number of halogens is 1. The van der Waals surface area contributed by atoms with Gasteiger partial charge in [0.2, 0.25) is 0 Å². The minimum atomic E-state index is -0.440. The summed E-state index contributed by atoms with van der Waals surface area (Å²) in [4.78, 5) is 25.5. The Hall–Kier alpha value is -4.65. The quantitative estimate of drug-likeness (QED) is 0.301. The molecule has 1 aliphatic rings. The van der Waals surface area contributed by atoms with Crippen LogP contribution < -0.4 is 15.2 Å². The normalized spacial score (nSPS) is 14.4. The summed E-state index contributed by atoms with van der Waals surface area (Å²) in [5, 5.41) is 1.26. The summed E-state index contributed by atoms with van der Waals surface area (Å²) in [6, 6.07) is 24.9. The lowest BCUT2D eigenvalue weighted by molar-refractivity contribution is -0.117. The third-order valence-electron chi connectivity index (χ3n) is 6.12. The number of hydrazine groups is 1. The lowest BCUT2D eigenvalue weighted by Gasteiger charge is -2.13. The molecule has 180 valence electrons. The molecule has 36 heavy (non-hydrogen) atoms. The molecule has 0 spiro atoms. The number of carbonyl (C=O) groups excluding carboxylic acids is 2. The fourth-order valence-electron chi connectivity index (χ4n) is 4.27. The summed E-state index contributed by atoms with van der Waals surface area (Å²) in [7, 11) is 0. The first-order chi connectivity index (χ1) is 17.4. The van der Waals surface area contributed by atoms with Crippen molar-refractivity contribution in [2.24, 2.45) is 0 Å². The molecule has 0 unspecified atom stereocenters. The number of hydrogen-bond acceptors (Lipinski definition) is 3. The first-order valence-corrected chi connectivity index (χ1v) is 11.5. The zero-order valence-electron chi connectivity index (χ0n) is 19.9. The average molecular weight is 482 g/mol. The van der Waals surface area contributed by atoms with Crippen molar-refractivity contribution in [3.8, 4) is 11.4 Å². The molecule has 0 aliphatic carbocycles. The van der Waals surface area contributed by atoms with Crippen LogP contribution in [-0.2, 0) is 16.2 Å². The summed E-state index contributed by atoms with van der Waals surface area (Å²) >= 11 is 0. The number of benzene rings is 3. The standard InChI is InChI=1S/C29H24FN3O3/c1-19-16-22(17-26-28(34)31-33(29(26)35)24-9-4-3-5-10-24)20(2)32(19)23-12-14-25(15-13-23)36-18-21-8-6-7-11-27(21)30/h3-17H,18H2,1-2H3,(H,31,34). The van der Waals surface area contributed by atoms with E-state index in [4.69, 9.17) is 4.74 Å². The number of aromatic nitrogens is 1. The molecule has 5 rings (SSSR count). The van der Waals surface area contributed by atoms with E-state index in [1.165, 1.54) is 11.1 Å². The molecule has 1 aliphatic heterocycles. The van der Waals surface area contributed by atoms with Crippen molar-refractivity contribution in [2.45, 2.75) is 20.5 Å². The number of para-hydroxylation sites is 1. The van der Waals surface area contributed by atoms with Gasteiger partial charge in [0.1, 0.15) is 23.7 Å². The predicted octanol–water partition coefficient (Wildman–Crippen LogP) is 5.27. The summed E-state index contributed by atoms with van der Waals surface area (Å²) in [5.41, 5.74) is 7.32. The van der Waals surface area contributed by atoms with Crippen LogP contribution in [0.1, 0.15) is 22.5 Å². The van der Waals surface area contributed by atoms with E-state index in [9.17, 15) is 14.0 Å². The molecule has 2 heterocycles. The highest BCUT2D eigenvalue weighted by Crippen LogP contribution is 2.27. The van der Waals surface area contributed by atoms with Gasteiger partial charge in [0.25, 0.3) is 11.8 Å². The maximum absolute atomic E-state index is 13.8. The smallest absolute Gasteiger partial charge is 0.282 e. The molecule has 4 aromatic rings. The Morgan fingerprint density at radius 3 is 2.31 bits per heavy atom. The molecular formula is C29H24FN3O3. The minimum Gasteiger partial charge on any atom is -0.489 e. The topological polar surface area (TPSA) is 63.6 Å². The highest BCUT2D eigenvalue weighted by atomic mass is 19.1. The first kappa shape index (κ1) is 23.1. The molecule has 1 saturated heterocycles. The van der Waals surface area contributed by atoms with E-state index in [1.54, 1.807) is 48.5 Å². The van der Waals surface area contributed by atoms with Gasteiger partial charge in [-0.05, 0) is 74.0 Å². The van der Waals surface area contributed by atoms with Gasteiger partial charge < -0.3 is 9.30 Å². The molecule has 0 bridgehead atoms. The summed E-state index contributed by atoms with van der Waals surface area (Å²) < 4.78 is 21.6.